The van der Waals surface area contributed by atoms with Crippen LogP contribution in [0.25, 0.3) is 0 Å². The van der Waals surface area contributed by atoms with Crippen LogP contribution in [0.2, 0.25) is 0 Å². The van der Waals surface area contributed by atoms with E-state index in [1.54, 1.807) is 23.5 Å². The maximum atomic E-state index is 13.7. The van der Waals surface area contributed by atoms with Gasteiger partial charge in [-0.05, 0) is 37.4 Å². The van der Waals surface area contributed by atoms with Gasteiger partial charge in [0.2, 0.25) is 29.5 Å². The predicted octanol–water partition coefficient (Wildman–Crippen LogP) is 0.719. The van der Waals surface area contributed by atoms with Crippen molar-refractivity contribution in [3.63, 3.8) is 0 Å². The predicted molar refractivity (Wildman–Crippen MR) is 177 cm³/mol. The van der Waals surface area contributed by atoms with Gasteiger partial charge in [-0.1, -0.05) is 26.3 Å². The zero-order valence-corrected chi connectivity index (χ0v) is 27.9. The van der Waals surface area contributed by atoms with E-state index in [-0.39, 0.29) is 56.6 Å². The van der Waals surface area contributed by atoms with Gasteiger partial charge in [0.05, 0.1) is 11.4 Å². The van der Waals surface area contributed by atoms with Gasteiger partial charge in [-0.15, -0.1) is 0 Å². The number of ether oxygens (including phenoxy) is 1. The molecule has 1 fully saturated rings. The molecule has 45 heavy (non-hydrogen) atoms. The maximum Gasteiger partial charge on any atom is 0.246 e. The van der Waals surface area contributed by atoms with Crippen LogP contribution < -0.4 is 33.2 Å². The van der Waals surface area contributed by atoms with Crippen molar-refractivity contribution in [3.05, 3.63) is 29.6 Å². The molecule has 1 aliphatic heterocycles. The molecule has 13 nitrogen and oxygen atoms in total. The van der Waals surface area contributed by atoms with Crippen molar-refractivity contribution in [3.8, 4) is 0 Å². The molecule has 9 N–H and O–H groups in total. The summed E-state index contributed by atoms with van der Waals surface area (Å²) < 4.78 is 5.48. The van der Waals surface area contributed by atoms with E-state index in [1.165, 1.54) is 0 Å². The summed E-state index contributed by atoms with van der Waals surface area (Å²) in [6.45, 7) is 4.58. The van der Waals surface area contributed by atoms with Crippen molar-refractivity contribution in [2.45, 2.75) is 87.9 Å². The van der Waals surface area contributed by atoms with E-state index in [4.69, 9.17) is 21.9 Å². The molecule has 2 heterocycles. The zero-order valence-electron chi connectivity index (χ0n) is 26.3. The lowest BCUT2D eigenvalue weighted by atomic mass is 9.88. The highest BCUT2D eigenvalue weighted by Gasteiger charge is 2.43. The molecule has 0 aliphatic carbocycles. The minimum Gasteiger partial charge on any atom is -0.381 e. The first-order valence-corrected chi connectivity index (χ1v) is 17.7. The van der Waals surface area contributed by atoms with Crippen molar-refractivity contribution in [1.29, 1.82) is 0 Å². The number of thioether (sulfide) groups is 2. The van der Waals surface area contributed by atoms with Gasteiger partial charge >= 0.3 is 0 Å². The minimum absolute atomic E-state index is 0.186. The Morgan fingerprint density at radius 1 is 1.00 bits per heavy atom. The summed E-state index contributed by atoms with van der Waals surface area (Å²) in [4.78, 5) is 67.5. The van der Waals surface area contributed by atoms with Gasteiger partial charge in [0.1, 0.15) is 17.6 Å². The lowest BCUT2D eigenvalue weighted by molar-refractivity contribution is -0.140. The fraction of sp³-hybridized carbons (Fsp3) is 0.667. The number of carbonyl (C=O) groups excluding carboxylic acids is 5. The Balaban J connectivity index is 1.96. The molecule has 252 valence electrons. The van der Waals surface area contributed by atoms with Crippen LogP contribution in [0.4, 0.5) is 0 Å². The Morgan fingerprint density at radius 3 is 2.18 bits per heavy atom. The monoisotopic (exact) mass is 667 g/mol. The summed E-state index contributed by atoms with van der Waals surface area (Å²) in [5.74, 6) is 0.0396. The number of nitrogens with two attached hydrogens (primary N) is 3. The SMILES string of the molecule is CC[C@H](C)[C@H](NC(=O)[C@H](CCCN)NC(=O)C1(NC(=O)CCSCc2cccc(CSCCC(N)=O)n2)CCOCC1)C(N)=O. The van der Waals surface area contributed by atoms with Crippen molar-refractivity contribution < 1.29 is 28.7 Å². The third-order valence-corrected chi connectivity index (χ3v) is 9.61. The summed E-state index contributed by atoms with van der Waals surface area (Å²) in [6.07, 6.45) is 2.39. The summed E-state index contributed by atoms with van der Waals surface area (Å²) in [7, 11) is 0. The minimum atomic E-state index is -1.23. The van der Waals surface area contributed by atoms with Crippen molar-refractivity contribution in [1.82, 2.24) is 20.9 Å². The second-order valence-corrected chi connectivity index (χ2v) is 13.4. The Bertz CT molecular complexity index is 1140. The molecule has 0 spiro atoms. The smallest absolute Gasteiger partial charge is 0.246 e. The fourth-order valence-electron chi connectivity index (χ4n) is 4.71. The molecule has 5 amide bonds. The topological polar surface area (TPSA) is 222 Å². The van der Waals surface area contributed by atoms with E-state index in [0.29, 0.717) is 48.8 Å². The number of amides is 5. The molecule has 2 rings (SSSR count). The zero-order chi connectivity index (χ0) is 33.2. The maximum absolute atomic E-state index is 13.7. The molecular formula is C30H49N7O6S2. The molecule has 3 atom stereocenters. The van der Waals surface area contributed by atoms with Crippen LogP contribution in [0.1, 0.15) is 70.2 Å². The highest BCUT2D eigenvalue weighted by atomic mass is 32.2. The standard InChI is InChI=1S/C30H49N7O6S2/c1-3-20(2)26(27(33)40)36-28(41)23(8-5-13-31)35-29(42)30(11-14-43-15-12-30)37-25(39)10-17-45-19-22-7-4-6-21(34-22)18-44-16-9-24(32)38/h4,6-7,20,23,26H,3,5,8-19,31H2,1-2H3,(H2,32,38)(H2,33,40)(H,35,42)(H,36,41)(H,37,39)/t20-,23-,26-/m0/s1. The molecular weight excluding hydrogens is 619 g/mol. The molecule has 1 saturated heterocycles. The number of carbonyl (C=O) groups is 5. The van der Waals surface area contributed by atoms with Crippen LogP contribution in [0.5, 0.6) is 0 Å². The van der Waals surface area contributed by atoms with Gasteiger partial charge in [-0.25, -0.2) is 0 Å². The number of nitrogens with one attached hydrogen (secondary N) is 3. The number of hydrogen-bond acceptors (Lipinski definition) is 10. The molecule has 1 aliphatic rings. The van der Waals surface area contributed by atoms with Gasteiger partial charge in [-0.3, -0.25) is 29.0 Å². The Labute approximate surface area is 274 Å². The van der Waals surface area contributed by atoms with Crippen LogP contribution in [-0.2, 0) is 40.2 Å². The van der Waals surface area contributed by atoms with Crippen LogP contribution >= 0.6 is 23.5 Å². The largest absolute Gasteiger partial charge is 0.381 e. The summed E-state index contributed by atoms with van der Waals surface area (Å²) in [5.41, 5.74) is 17.0. The van der Waals surface area contributed by atoms with Gasteiger partial charge in [0.25, 0.3) is 0 Å². The molecule has 0 aromatic carbocycles. The normalized spacial score (nSPS) is 16.2. The summed E-state index contributed by atoms with van der Waals surface area (Å²) >= 11 is 3.16. The van der Waals surface area contributed by atoms with E-state index in [1.807, 2.05) is 32.0 Å². The lowest BCUT2D eigenvalue weighted by Gasteiger charge is -2.37. The number of rotatable bonds is 21. The number of aromatic nitrogens is 1. The highest BCUT2D eigenvalue weighted by Crippen LogP contribution is 2.23. The van der Waals surface area contributed by atoms with Gasteiger partial charge in [0, 0.05) is 61.9 Å². The first kappa shape index (κ1) is 38.3. The van der Waals surface area contributed by atoms with E-state index < -0.39 is 35.3 Å². The number of hydrogen-bond donors (Lipinski definition) is 6. The van der Waals surface area contributed by atoms with Gasteiger partial charge in [0.15, 0.2) is 0 Å². The van der Waals surface area contributed by atoms with Crippen molar-refractivity contribution in [2.24, 2.45) is 23.1 Å². The average molecular weight is 668 g/mol. The molecule has 1 aromatic rings. The Hall–Kier alpha value is -2.88. The first-order valence-electron chi connectivity index (χ1n) is 15.4. The Morgan fingerprint density at radius 2 is 1.62 bits per heavy atom. The van der Waals surface area contributed by atoms with Crippen LogP contribution in [-0.4, -0.2) is 83.4 Å². The van der Waals surface area contributed by atoms with Crippen molar-refractivity contribution >= 4 is 53.1 Å². The van der Waals surface area contributed by atoms with E-state index in [0.717, 1.165) is 11.4 Å². The fourth-order valence-corrected chi connectivity index (χ4v) is 6.41. The van der Waals surface area contributed by atoms with Crippen LogP contribution in [0, 0.1) is 5.92 Å². The Kier molecular flexibility index (Phi) is 17.3. The van der Waals surface area contributed by atoms with Crippen LogP contribution in [0.15, 0.2) is 18.2 Å². The lowest BCUT2D eigenvalue weighted by Crippen LogP contribution is -2.64. The molecule has 1 aromatic heterocycles. The molecule has 0 saturated carbocycles. The third-order valence-electron chi connectivity index (χ3n) is 7.63. The van der Waals surface area contributed by atoms with Crippen molar-refractivity contribution in [2.75, 3.05) is 31.3 Å². The molecule has 15 heteroatoms. The van der Waals surface area contributed by atoms with Crippen LogP contribution in [0.3, 0.4) is 0 Å². The first-order chi connectivity index (χ1) is 21.5. The van der Waals surface area contributed by atoms with E-state index >= 15 is 0 Å². The van der Waals surface area contributed by atoms with Gasteiger partial charge in [-0.2, -0.15) is 23.5 Å². The second-order valence-electron chi connectivity index (χ2n) is 11.2. The third kappa shape index (κ3) is 13.6. The van der Waals surface area contributed by atoms with Gasteiger partial charge < -0.3 is 37.9 Å². The summed E-state index contributed by atoms with van der Waals surface area (Å²) in [6, 6.07) is 3.97. The highest BCUT2D eigenvalue weighted by molar-refractivity contribution is 7.98. The van der Waals surface area contributed by atoms with E-state index in [2.05, 4.69) is 20.9 Å². The molecule has 0 unspecified atom stereocenters. The quantitative estimate of drug-likeness (QED) is 0.101. The number of nitrogens with zero attached hydrogens (tertiary/aromatic N) is 1. The molecule has 0 bridgehead atoms. The number of pyridine rings is 1. The second kappa shape index (κ2) is 20.3. The van der Waals surface area contributed by atoms with E-state index in [9.17, 15) is 24.0 Å². The summed E-state index contributed by atoms with van der Waals surface area (Å²) in [5, 5.41) is 8.46. The number of primary amides is 2. The molecule has 0 radical (unpaired) electrons. The average Bonchev–Trinajstić information content (AvgIpc) is 3.02.